The van der Waals surface area contributed by atoms with Crippen molar-refractivity contribution in [3.05, 3.63) is 35.9 Å². The summed E-state index contributed by atoms with van der Waals surface area (Å²) in [6.07, 6.45) is 0.691. The molecule has 0 aliphatic carbocycles. The average Bonchev–Trinajstić information content (AvgIpc) is 2.93. The van der Waals surface area contributed by atoms with Crippen LogP contribution in [0.2, 0.25) is 6.32 Å². The van der Waals surface area contributed by atoms with Crippen LogP contribution in [0.3, 0.4) is 0 Å². The number of hydrogen-bond donors (Lipinski definition) is 5. The van der Waals surface area contributed by atoms with Gasteiger partial charge in [-0.3, -0.25) is 4.79 Å². The highest BCUT2D eigenvalue weighted by Crippen LogP contribution is 2.31. The van der Waals surface area contributed by atoms with Gasteiger partial charge in [0.2, 0.25) is 0 Å². The summed E-state index contributed by atoms with van der Waals surface area (Å²) in [5.74, 6) is -1.89. The number of carboxylic acids is 1. The monoisotopic (exact) mass is 385 g/mol. The van der Waals surface area contributed by atoms with Gasteiger partial charge in [-0.05, 0) is 18.3 Å². The lowest BCUT2D eigenvalue weighted by atomic mass is 9.78. The third-order valence-corrected chi connectivity index (χ3v) is 6.11. The fourth-order valence-electron chi connectivity index (χ4n) is 3.08. The molecule has 0 saturated carbocycles. The molecule has 1 fully saturated rings. The molecule has 0 amide bonds. The van der Waals surface area contributed by atoms with E-state index in [1.165, 1.54) is 0 Å². The van der Waals surface area contributed by atoms with Crippen LogP contribution >= 0.6 is 0 Å². The molecule has 11 heteroatoms. The van der Waals surface area contributed by atoms with Crippen LogP contribution in [0.5, 0.6) is 0 Å². The molecule has 0 radical (unpaired) electrons. The van der Waals surface area contributed by atoms with Gasteiger partial charge in [-0.15, -0.1) is 0 Å². The highest BCUT2D eigenvalue weighted by atomic mass is 32.2. The highest BCUT2D eigenvalue weighted by molar-refractivity contribution is 7.87. The summed E-state index contributed by atoms with van der Waals surface area (Å²) in [7, 11) is -5.38. The first-order valence-corrected chi connectivity index (χ1v) is 9.76. The Morgan fingerprint density at radius 3 is 2.58 bits per heavy atom. The highest BCUT2D eigenvalue weighted by Gasteiger charge is 2.52. The number of rotatable bonds is 9. The number of aliphatic carboxylic acids is 1. The largest absolute Gasteiger partial charge is 0.480 e. The lowest BCUT2D eigenvalue weighted by molar-refractivity contribution is -0.144. The molecule has 6 N–H and O–H groups in total. The number of benzene rings is 1. The molecule has 1 heterocycles. The lowest BCUT2D eigenvalue weighted by Gasteiger charge is -2.25. The van der Waals surface area contributed by atoms with Crippen molar-refractivity contribution in [2.75, 3.05) is 13.1 Å². The molecule has 1 saturated heterocycles. The first-order chi connectivity index (χ1) is 12.1. The first kappa shape index (κ1) is 20.8. The minimum Gasteiger partial charge on any atom is -0.480 e. The van der Waals surface area contributed by atoms with Crippen LogP contribution < -0.4 is 10.5 Å². The van der Waals surface area contributed by atoms with Crippen molar-refractivity contribution in [3.8, 4) is 0 Å². The molecule has 26 heavy (non-hydrogen) atoms. The Hall–Kier alpha value is -1.50. The van der Waals surface area contributed by atoms with Crippen molar-refractivity contribution in [1.82, 2.24) is 9.03 Å². The van der Waals surface area contributed by atoms with Gasteiger partial charge in [0, 0.05) is 25.6 Å². The van der Waals surface area contributed by atoms with E-state index in [2.05, 4.69) is 4.72 Å². The van der Waals surface area contributed by atoms with Crippen LogP contribution in [0.4, 0.5) is 0 Å². The van der Waals surface area contributed by atoms with E-state index in [0.717, 1.165) is 9.87 Å². The maximum Gasteiger partial charge on any atom is 0.451 e. The van der Waals surface area contributed by atoms with Gasteiger partial charge in [-0.2, -0.15) is 17.4 Å². The topological polar surface area (TPSA) is 153 Å². The van der Waals surface area contributed by atoms with Crippen molar-refractivity contribution in [1.29, 1.82) is 0 Å². The van der Waals surface area contributed by atoms with Gasteiger partial charge < -0.3 is 20.9 Å². The van der Waals surface area contributed by atoms with E-state index < -0.39 is 34.8 Å². The van der Waals surface area contributed by atoms with Gasteiger partial charge in [0.05, 0.1) is 0 Å². The number of carboxylic acid groups (broad SMARTS) is 1. The van der Waals surface area contributed by atoms with Crippen molar-refractivity contribution in [2.24, 2.45) is 11.7 Å². The molecule has 9 nitrogen and oxygen atoms in total. The van der Waals surface area contributed by atoms with E-state index in [1.54, 1.807) is 24.3 Å². The number of hydrogen-bond acceptors (Lipinski definition) is 6. The third kappa shape index (κ3) is 5.03. The van der Waals surface area contributed by atoms with E-state index in [1.807, 2.05) is 6.07 Å². The van der Waals surface area contributed by atoms with Gasteiger partial charge in [-0.25, -0.2) is 0 Å². The SMILES string of the molecule is N[C@@]1(C(=O)O)CN(S(=O)(=O)NCc2ccccc2)C[C@@H]1CCCB(O)O. The summed E-state index contributed by atoms with van der Waals surface area (Å²) in [4.78, 5) is 11.6. The van der Waals surface area contributed by atoms with Crippen LogP contribution in [-0.4, -0.2) is 59.6 Å². The van der Waals surface area contributed by atoms with Crippen LogP contribution in [0.15, 0.2) is 30.3 Å². The van der Waals surface area contributed by atoms with Gasteiger partial charge in [0.25, 0.3) is 10.2 Å². The lowest BCUT2D eigenvalue weighted by Crippen LogP contribution is -2.55. The number of carbonyl (C=O) groups is 1. The Morgan fingerprint density at radius 1 is 1.35 bits per heavy atom. The molecule has 1 aliphatic rings. The van der Waals surface area contributed by atoms with E-state index in [9.17, 15) is 18.3 Å². The summed E-state index contributed by atoms with van der Waals surface area (Å²) >= 11 is 0. The predicted octanol–water partition coefficient (Wildman–Crippen LogP) is -1.01. The number of nitrogens with zero attached hydrogens (tertiary/aromatic N) is 1. The van der Waals surface area contributed by atoms with Gasteiger partial charge in [0.15, 0.2) is 0 Å². The molecule has 1 aromatic rings. The first-order valence-electron chi connectivity index (χ1n) is 8.32. The molecular weight excluding hydrogens is 361 g/mol. The van der Waals surface area contributed by atoms with Crippen molar-refractivity contribution < 1.29 is 28.4 Å². The third-order valence-electron chi connectivity index (χ3n) is 4.65. The van der Waals surface area contributed by atoms with E-state index in [-0.39, 0.29) is 32.4 Å². The molecule has 2 atom stereocenters. The summed E-state index contributed by atoms with van der Waals surface area (Å²) in [5.41, 5.74) is 5.07. The second-order valence-corrected chi connectivity index (χ2v) is 8.31. The zero-order chi connectivity index (χ0) is 19.4. The Balaban J connectivity index is 2.05. The quantitative estimate of drug-likeness (QED) is 0.341. The summed E-state index contributed by atoms with van der Waals surface area (Å²) in [6, 6.07) is 8.96. The zero-order valence-electron chi connectivity index (χ0n) is 14.3. The minimum absolute atomic E-state index is 0.0333. The second kappa shape index (κ2) is 8.46. The zero-order valence-corrected chi connectivity index (χ0v) is 15.1. The van der Waals surface area contributed by atoms with E-state index in [4.69, 9.17) is 15.8 Å². The minimum atomic E-state index is -3.90. The van der Waals surface area contributed by atoms with Crippen molar-refractivity contribution in [2.45, 2.75) is 31.2 Å². The Bertz CT molecular complexity index is 717. The molecule has 2 rings (SSSR count). The number of nitrogens with two attached hydrogens (primary N) is 1. The maximum atomic E-state index is 12.5. The Kier molecular flexibility index (Phi) is 6.77. The molecule has 0 spiro atoms. The van der Waals surface area contributed by atoms with Crippen LogP contribution in [0.1, 0.15) is 18.4 Å². The van der Waals surface area contributed by atoms with Crippen molar-refractivity contribution >= 4 is 23.3 Å². The van der Waals surface area contributed by atoms with Gasteiger partial charge in [0.1, 0.15) is 5.54 Å². The molecule has 0 unspecified atom stereocenters. The summed E-state index contributed by atoms with van der Waals surface area (Å²) in [5, 5.41) is 27.3. The fourth-order valence-corrected chi connectivity index (χ4v) is 4.37. The molecule has 1 aliphatic heterocycles. The molecule has 1 aromatic carbocycles. The molecule has 0 aromatic heterocycles. The van der Waals surface area contributed by atoms with E-state index in [0.29, 0.717) is 6.42 Å². The van der Waals surface area contributed by atoms with Crippen molar-refractivity contribution in [3.63, 3.8) is 0 Å². The summed E-state index contributed by atoms with van der Waals surface area (Å²) in [6.45, 7) is -0.279. The molecular formula is C15H24BN3O6S. The fraction of sp³-hybridized carbons (Fsp3) is 0.533. The molecule has 0 bridgehead atoms. The number of nitrogens with one attached hydrogen (secondary N) is 1. The second-order valence-electron chi connectivity index (χ2n) is 6.56. The van der Waals surface area contributed by atoms with Crippen LogP contribution in [-0.2, 0) is 21.5 Å². The summed E-state index contributed by atoms with van der Waals surface area (Å²) < 4.78 is 28.6. The molecule has 144 valence electrons. The standard InChI is InChI=1S/C15H24BN3O6S/c17-15(14(20)21)11-19(10-13(15)7-4-8-16(22)23)26(24,25)18-9-12-5-2-1-3-6-12/h1-3,5-6,13,18,22-23H,4,7-11,17H2,(H,20,21)/t13-,15-/m0/s1. The Labute approximate surface area is 153 Å². The van der Waals surface area contributed by atoms with Gasteiger partial charge >= 0.3 is 13.1 Å². The van der Waals surface area contributed by atoms with E-state index >= 15 is 0 Å². The smallest absolute Gasteiger partial charge is 0.451 e. The predicted molar refractivity (Wildman–Crippen MR) is 96.1 cm³/mol. The van der Waals surface area contributed by atoms with Gasteiger partial charge in [-0.1, -0.05) is 36.8 Å². The average molecular weight is 385 g/mol. The Morgan fingerprint density at radius 2 is 2.00 bits per heavy atom. The van der Waals surface area contributed by atoms with Crippen LogP contribution in [0, 0.1) is 5.92 Å². The van der Waals surface area contributed by atoms with Crippen LogP contribution in [0.25, 0.3) is 0 Å². The normalized spacial score (nSPS) is 23.9. The maximum absolute atomic E-state index is 12.5.